The summed E-state index contributed by atoms with van der Waals surface area (Å²) in [6.45, 7) is 1.72. The van der Waals surface area contributed by atoms with Gasteiger partial charge in [-0.1, -0.05) is 0 Å². The standard InChI is InChI=1S/C13H13NO4S/c1-8-3-4-12(18-8)13(15)9-5-10(14)7-11(6-9)19(2,16)17/h3-7H,14H2,1-2H3. The lowest BCUT2D eigenvalue weighted by molar-refractivity contribution is 0.101. The van der Waals surface area contributed by atoms with Gasteiger partial charge >= 0.3 is 0 Å². The Morgan fingerprint density at radius 2 is 1.89 bits per heavy atom. The van der Waals surface area contributed by atoms with E-state index in [-0.39, 0.29) is 21.9 Å². The predicted octanol–water partition coefficient (Wildman–Crippen LogP) is 1.80. The maximum atomic E-state index is 12.1. The highest BCUT2D eigenvalue weighted by Crippen LogP contribution is 2.20. The number of rotatable bonds is 3. The Morgan fingerprint density at radius 1 is 1.21 bits per heavy atom. The van der Waals surface area contributed by atoms with Gasteiger partial charge in [0, 0.05) is 17.5 Å². The molecule has 1 aromatic carbocycles. The zero-order valence-electron chi connectivity index (χ0n) is 10.5. The zero-order chi connectivity index (χ0) is 14.2. The van der Waals surface area contributed by atoms with Crippen molar-refractivity contribution in [1.29, 1.82) is 0 Å². The van der Waals surface area contributed by atoms with Crippen molar-refractivity contribution >= 4 is 21.3 Å². The molecular formula is C13H13NO4S. The molecule has 0 spiro atoms. The minimum atomic E-state index is -3.42. The van der Waals surface area contributed by atoms with Crippen LogP contribution in [0.15, 0.2) is 39.6 Å². The van der Waals surface area contributed by atoms with Crippen LogP contribution in [-0.4, -0.2) is 20.5 Å². The molecule has 100 valence electrons. The van der Waals surface area contributed by atoms with Gasteiger partial charge in [-0.2, -0.15) is 0 Å². The lowest BCUT2D eigenvalue weighted by atomic mass is 10.1. The lowest BCUT2D eigenvalue weighted by Gasteiger charge is -2.04. The van der Waals surface area contributed by atoms with Crippen molar-refractivity contribution in [3.63, 3.8) is 0 Å². The first kappa shape index (κ1) is 13.4. The Labute approximate surface area is 111 Å². The maximum Gasteiger partial charge on any atom is 0.228 e. The summed E-state index contributed by atoms with van der Waals surface area (Å²) >= 11 is 0. The number of carbonyl (C=O) groups is 1. The average molecular weight is 279 g/mol. The summed E-state index contributed by atoms with van der Waals surface area (Å²) < 4.78 is 28.2. The predicted molar refractivity (Wildman–Crippen MR) is 70.8 cm³/mol. The van der Waals surface area contributed by atoms with Crippen molar-refractivity contribution in [3.05, 3.63) is 47.4 Å². The molecule has 1 aromatic heterocycles. The molecule has 0 bridgehead atoms. The molecule has 6 heteroatoms. The summed E-state index contributed by atoms with van der Waals surface area (Å²) in [5.41, 5.74) is 6.04. The van der Waals surface area contributed by atoms with Crippen molar-refractivity contribution in [2.45, 2.75) is 11.8 Å². The first-order valence-electron chi connectivity index (χ1n) is 5.49. The highest BCUT2D eigenvalue weighted by Gasteiger charge is 2.17. The van der Waals surface area contributed by atoms with E-state index in [2.05, 4.69) is 0 Å². The second-order valence-corrected chi connectivity index (χ2v) is 6.32. The van der Waals surface area contributed by atoms with Gasteiger partial charge in [0.2, 0.25) is 5.78 Å². The van der Waals surface area contributed by atoms with Gasteiger partial charge in [0.15, 0.2) is 15.6 Å². The minimum absolute atomic E-state index is 0.0131. The molecular weight excluding hydrogens is 266 g/mol. The second-order valence-electron chi connectivity index (χ2n) is 4.30. The number of ketones is 1. The molecule has 1 heterocycles. The number of nitrogen functional groups attached to an aromatic ring is 1. The third-order valence-corrected chi connectivity index (χ3v) is 3.68. The summed E-state index contributed by atoms with van der Waals surface area (Å²) in [5.74, 6) is 0.364. The van der Waals surface area contributed by atoms with Crippen molar-refractivity contribution in [2.24, 2.45) is 0 Å². The van der Waals surface area contributed by atoms with Gasteiger partial charge in [-0.05, 0) is 37.3 Å². The van der Waals surface area contributed by atoms with Crippen LogP contribution in [0.5, 0.6) is 0 Å². The van der Waals surface area contributed by atoms with E-state index < -0.39 is 15.6 Å². The van der Waals surface area contributed by atoms with E-state index in [1.165, 1.54) is 18.2 Å². The largest absolute Gasteiger partial charge is 0.458 e. The number of furan rings is 1. The number of hydrogen-bond donors (Lipinski definition) is 1. The lowest BCUT2D eigenvalue weighted by Crippen LogP contribution is -2.05. The van der Waals surface area contributed by atoms with Crippen LogP contribution < -0.4 is 5.73 Å². The minimum Gasteiger partial charge on any atom is -0.458 e. The first-order valence-corrected chi connectivity index (χ1v) is 7.38. The summed E-state index contributed by atoms with van der Waals surface area (Å²) in [7, 11) is -3.42. The molecule has 0 unspecified atom stereocenters. The quantitative estimate of drug-likeness (QED) is 0.683. The van der Waals surface area contributed by atoms with E-state index in [1.54, 1.807) is 19.1 Å². The maximum absolute atomic E-state index is 12.1. The number of carbonyl (C=O) groups excluding carboxylic acids is 1. The molecule has 0 atom stereocenters. The van der Waals surface area contributed by atoms with Crippen LogP contribution in [0.2, 0.25) is 0 Å². The third-order valence-electron chi connectivity index (χ3n) is 2.58. The smallest absolute Gasteiger partial charge is 0.228 e. The van der Waals surface area contributed by atoms with Crippen LogP contribution in [0.3, 0.4) is 0 Å². The summed E-state index contributed by atoms with van der Waals surface area (Å²) in [5, 5.41) is 0. The molecule has 2 rings (SSSR count). The number of sulfone groups is 1. The third kappa shape index (κ3) is 2.85. The van der Waals surface area contributed by atoms with Gasteiger partial charge in [0.1, 0.15) is 5.76 Å². The van der Waals surface area contributed by atoms with Crippen LogP contribution in [0.25, 0.3) is 0 Å². The average Bonchev–Trinajstić information content (AvgIpc) is 2.73. The Morgan fingerprint density at radius 3 is 2.42 bits per heavy atom. The molecule has 0 fully saturated rings. The fourth-order valence-electron chi connectivity index (χ4n) is 1.67. The van der Waals surface area contributed by atoms with Crippen molar-refractivity contribution in [3.8, 4) is 0 Å². The summed E-state index contributed by atoms with van der Waals surface area (Å²) in [6.07, 6.45) is 1.06. The van der Waals surface area contributed by atoms with E-state index in [0.717, 1.165) is 6.26 Å². The molecule has 5 nitrogen and oxygen atoms in total. The normalized spacial score (nSPS) is 11.5. The van der Waals surface area contributed by atoms with Crippen LogP contribution in [0, 0.1) is 6.92 Å². The van der Waals surface area contributed by atoms with E-state index in [9.17, 15) is 13.2 Å². The molecule has 0 saturated carbocycles. The fourth-order valence-corrected chi connectivity index (χ4v) is 2.36. The summed E-state index contributed by atoms with van der Waals surface area (Å²) in [6, 6.07) is 7.25. The van der Waals surface area contributed by atoms with E-state index in [0.29, 0.717) is 5.76 Å². The molecule has 2 aromatic rings. The Balaban J connectivity index is 2.52. The number of aryl methyl sites for hydroxylation is 1. The van der Waals surface area contributed by atoms with Crippen molar-refractivity contribution in [1.82, 2.24) is 0 Å². The molecule has 0 amide bonds. The van der Waals surface area contributed by atoms with Gasteiger partial charge in [0.25, 0.3) is 0 Å². The number of anilines is 1. The van der Waals surface area contributed by atoms with E-state index in [4.69, 9.17) is 10.2 Å². The van der Waals surface area contributed by atoms with Gasteiger partial charge in [-0.25, -0.2) is 8.42 Å². The Hall–Kier alpha value is -2.08. The first-order chi connectivity index (χ1) is 8.77. The Bertz CT molecular complexity index is 744. The fraction of sp³-hybridized carbons (Fsp3) is 0.154. The SMILES string of the molecule is Cc1ccc(C(=O)c2cc(N)cc(S(C)(=O)=O)c2)o1. The molecule has 0 aliphatic heterocycles. The van der Waals surface area contributed by atoms with Gasteiger partial charge in [-0.3, -0.25) is 4.79 Å². The highest BCUT2D eigenvalue weighted by molar-refractivity contribution is 7.90. The second kappa shape index (κ2) is 4.55. The number of hydrogen-bond acceptors (Lipinski definition) is 5. The molecule has 0 radical (unpaired) electrons. The van der Waals surface area contributed by atoms with Crippen LogP contribution in [0.4, 0.5) is 5.69 Å². The van der Waals surface area contributed by atoms with Crippen LogP contribution in [0.1, 0.15) is 21.9 Å². The molecule has 0 saturated heterocycles. The highest BCUT2D eigenvalue weighted by atomic mass is 32.2. The zero-order valence-corrected chi connectivity index (χ0v) is 11.3. The molecule has 19 heavy (non-hydrogen) atoms. The van der Waals surface area contributed by atoms with Gasteiger partial charge in [0.05, 0.1) is 4.90 Å². The van der Waals surface area contributed by atoms with Crippen molar-refractivity contribution < 1.29 is 17.6 Å². The van der Waals surface area contributed by atoms with Crippen molar-refractivity contribution in [2.75, 3.05) is 12.0 Å². The Kier molecular flexibility index (Phi) is 3.20. The molecule has 0 aliphatic rings. The molecule has 2 N–H and O–H groups in total. The topological polar surface area (TPSA) is 90.4 Å². The number of nitrogens with two attached hydrogens (primary N) is 1. The van der Waals surface area contributed by atoms with E-state index in [1.807, 2.05) is 0 Å². The van der Waals surface area contributed by atoms with E-state index >= 15 is 0 Å². The summed E-state index contributed by atoms with van der Waals surface area (Å²) in [4.78, 5) is 12.2. The van der Waals surface area contributed by atoms with Crippen LogP contribution in [-0.2, 0) is 9.84 Å². The number of benzene rings is 1. The monoisotopic (exact) mass is 279 g/mol. The van der Waals surface area contributed by atoms with Gasteiger partial charge in [-0.15, -0.1) is 0 Å². The van der Waals surface area contributed by atoms with Crippen LogP contribution >= 0.6 is 0 Å². The van der Waals surface area contributed by atoms with Gasteiger partial charge < -0.3 is 10.2 Å². The molecule has 0 aliphatic carbocycles.